The first-order valence-corrected chi connectivity index (χ1v) is 9.93. The predicted octanol–water partition coefficient (Wildman–Crippen LogP) is 4.36. The minimum absolute atomic E-state index is 0.215. The zero-order valence-electron chi connectivity index (χ0n) is 16.0. The topological polar surface area (TPSA) is 47.7 Å². The van der Waals surface area contributed by atoms with E-state index in [1.807, 2.05) is 35.3 Å². The molecular formula is C23H22FN5. The molecule has 5 rings (SSSR count). The molecule has 0 saturated heterocycles. The lowest BCUT2D eigenvalue weighted by Crippen LogP contribution is -2.25. The molecule has 1 N–H and O–H groups in total. The maximum absolute atomic E-state index is 14.3. The fourth-order valence-electron chi connectivity index (χ4n) is 4.07. The van der Waals surface area contributed by atoms with Crippen LogP contribution >= 0.6 is 0 Å². The molecule has 0 bridgehead atoms. The lowest BCUT2D eigenvalue weighted by Gasteiger charge is -2.24. The third kappa shape index (κ3) is 3.47. The number of para-hydroxylation sites is 1. The van der Waals surface area contributed by atoms with Crippen LogP contribution < -0.4 is 5.32 Å². The number of fused-ring (bicyclic) bond motifs is 1. The summed E-state index contributed by atoms with van der Waals surface area (Å²) in [5.41, 5.74) is 5.03. The largest absolute Gasteiger partial charge is 0.306 e. The summed E-state index contributed by atoms with van der Waals surface area (Å²) in [6.45, 7) is 0.754. The molecule has 0 spiro atoms. The molecule has 5 nitrogen and oxygen atoms in total. The van der Waals surface area contributed by atoms with E-state index in [4.69, 9.17) is 0 Å². The van der Waals surface area contributed by atoms with Gasteiger partial charge in [-0.25, -0.2) is 13.8 Å². The highest BCUT2D eigenvalue weighted by molar-refractivity contribution is 5.39. The van der Waals surface area contributed by atoms with Crippen LogP contribution in [0.15, 0.2) is 73.2 Å². The van der Waals surface area contributed by atoms with E-state index in [0.29, 0.717) is 5.69 Å². The highest BCUT2D eigenvalue weighted by Crippen LogP contribution is 2.31. The number of nitrogens with zero attached hydrogens (tertiary/aromatic N) is 4. The maximum atomic E-state index is 14.3. The minimum Gasteiger partial charge on any atom is -0.306 e. The summed E-state index contributed by atoms with van der Waals surface area (Å²) in [6, 6.07) is 17.3. The Morgan fingerprint density at radius 1 is 1.07 bits per heavy atom. The van der Waals surface area contributed by atoms with Gasteiger partial charge in [-0.3, -0.25) is 0 Å². The van der Waals surface area contributed by atoms with E-state index in [2.05, 4.69) is 33.7 Å². The third-order valence-corrected chi connectivity index (χ3v) is 5.50. The van der Waals surface area contributed by atoms with Crippen molar-refractivity contribution in [3.63, 3.8) is 0 Å². The van der Waals surface area contributed by atoms with Crippen LogP contribution in [-0.2, 0) is 13.0 Å². The Kier molecular flexibility index (Phi) is 4.69. The molecular weight excluding hydrogens is 365 g/mol. The highest BCUT2D eigenvalue weighted by atomic mass is 19.1. The van der Waals surface area contributed by atoms with Crippen LogP contribution in [0, 0.1) is 5.82 Å². The second kappa shape index (κ2) is 7.64. The van der Waals surface area contributed by atoms with Crippen molar-refractivity contribution in [3.8, 4) is 11.4 Å². The van der Waals surface area contributed by atoms with E-state index in [9.17, 15) is 4.39 Å². The van der Waals surface area contributed by atoms with E-state index in [0.717, 1.165) is 37.2 Å². The van der Waals surface area contributed by atoms with Crippen LogP contribution in [0.3, 0.4) is 0 Å². The average molecular weight is 387 g/mol. The van der Waals surface area contributed by atoms with Crippen molar-refractivity contribution >= 4 is 0 Å². The van der Waals surface area contributed by atoms with Crippen LogP contribution in [0.2, 0.25) is 0 Å². The molecule has 6 heteroatoms. The Hall–Kier alpha value is -3.25. The molecule has 0 unspecified atom stereocenters. The number of halogens is 1. The molecule has 2 heterocycles. The summed E-state index contributed by atoms with van der Waals surface area (Å²) in [6.07, 6.45) is 8.63. The van der Waals surface area contributed by atoms with Crippen molar-refractivity contribution in [1.29, 1.82) is 0 Å². The van der Waals surface area contributed by atoms with Gasteiger partial charge in [0.25, 0.3) is 0 Å². The number of hydrogen-bond donors (Lipinski definition) is 1. The maximum Gasteiger partial charge on any atom is 0.148 e. The summed E-state index contributed by atoms with van der Waals surface area (Å²) in [5, 5.41) is 12.5. The monoisotopic (exact) mass is 387 g/mol. The van der Waals surface area contributed by atoms with Crippen molar-refractivity contribution in [1.82, 2.24) is 24.9 Å². The molecule has 1 atom stereocenters. The van der Waals surface area contributed by atoms with Crippen molar-refractivity contribution in [2.45, 2.75) is 31.8 Å². The Morgan fingerprint density at radius 2 is 2.00 bits per heavy atom. The van der Waals surface area contributed by atoms with Gasteiger partial charge in [0.2, 0.25) is 0 Å². The highest BCUT2D eigenvalue weighted by Gasteiger charge is 2.25. The van der Waals surface area contributed by atoms with Gasteiger partial charge in [-0.05, 0) is 55.2 Å². The molecule has 0 aliphatic heterocycles. The Morgan fingerprint density at radius 3 is 2.86 bits per heavy atom. The minimum atomic E-state index is -0.246. The molecule has 0 radical (unpaired) electrons. The Bertz CT molecular complexity index is 1120. The summed E-state index contributed by atoms with van der Waals surface area (Å²) < 4.78 is 17.9. The number of hydrogen-bond acceptors (Lipinski definition) is 3. The third-order valence-electron chi connectivity index (χ3n) is 5.50. The zero-order valence-corrected chi connectivity index (χ0v) is 16.0. The van der Waals surface area contributed by atoms with E-state index in [-0.39, 0.29) is 11.9 Å². The first-order chi connectivity index (χ1) is 14.3. The van der Waals surface area contributed by atoms with E-state index >= 15 is 0 Å². The second-order valence-electron chi connectivity index (χ2n) is 7.36. The van der Waals surface area contributed by atoms with Gasteiger partial charge in [0.15, 0.2) is 0 Å². The molecule has 2 aromatic heterocycles. The van der Waals surface area contributed by atoms with Crippen LogP contribution in [-0.4, -0.2) is 19.6 Å². The zero-order chi connectivity index (χ0) is 19.6. The molecule has 0 saturated carbocycles. The van der Waals surface area contributed by atoms with Crippen LogP contribution in [0.1, 0.15) is 35.7 Å². The van der Waals surface area contributed by atoms with Crippen molar-refractivity contribution < 1.29 is 4.39 Å². The quantitative estimate of drug-likeness (QED) is 0.553. The number of nitrogens with one attached hydrogen (secondary N) is 1. The summed E-state index contributed by atoms with van der Waals surface area (Å²) in [7, 11) is 0. The number of rotatable bonds is 5. The van der Waals surface area contributed by atoms with Crippen LogP contribution in [0.4, 0.5) is 4.39 Å². The molecule has 0 fully saturated rings. The fourth-order valence-corrected chi connectivity index (χ4v) is 4.07. The van der Waals surface area contributed by atoms with Crippen molar-refractivity contribution in [3.05, 3.63) is 95.8 Å². The smallest absolute Gasteiger partial charge is 0.148 e. The van der Waals surface area contributed by atoms with Crippen molar-refractivity contribution in [2.24, 2.45) is 0 Å². The van der Waals surface area contributed by atoms with E-state index in [1.165, 1.54) is 17.2 Å². The standard InChI is InChI=1S/C23H22FN5/c24-20-8-1-2-10-23(20)29-22-11-4-9-21(19(22)16-27-29)25-15-17-6-3-7-18(14-17)28-13-5-12-26-28/h1-3,5-8,10,12-14,16,21,25H,4,9,11,15H2/t21-/m1/s1. The fraction of sp³-hybridized carbons (Fsp3) is 0.217. The lowest BCUT2D eigenvalue weighted by molar-refractivity contribution is 0.454. The summed E-state index contributed by atoms with van der Waals surface area (Å²) >= 11 is 0. The van der Waals surface area contributed by atoms with Gasteiger partial charge in [-0.2, -0.15) is 10.2 Å². The molecule has 4 aromatic rings. The first kappa shape index (κ1) is 17.8. The Labute approximate surface area is 168 Å². The summed E-state index contributed by atoms with van der Waals surface area (Å²) in [4.78, 5) is 0. The Balaban J connectivity index is 1.36. The lowest BCUT2D eigenvalue weighted by atomic mass is 9.92. The molecule has 2 aromatic carbocycles. The molecule has 1 aliphatic carbocycles. The normalized spacial score (nSPS) is 16.0. The van der Waals surface area contributed by atoms with Crippen LogP contribution in [0.5, 0.6) is 0 Å². The second-order valence-corrected chi connectivity index (χ2v) is 7.36. The van der Waals surface area contributed by atoms with Gasteiger partial charge in [-0.15, -0.1) is 0 Å². The van der Waals surface area contributed by atoms with Crippen molar-refractivity contribution in [2.75, 3.05) is 0 Å². The van der Waals surface area contributed by atoms with Crippen LogP contribution in [0.25, 0.3) is 11.4 Å². The average Bonchev–Trinajstić information content (AvgIpc) is 3.43. The number of aromatic nitrogens is 4. The SMILES string of the molecule is Fc1ccccc1-n1ncc2c1CCC[C@H]2NCc1cccc(-n2cccn2)c1. The van der Waals surface area contributed by atoms with Gasteiger partial charge in [0, 0.05) is 36.2 Å². The number of benzene rings is 2. The molecule has 0 amide bonds. The van der Waals surface area contributed by atoms with Gasteiger partial charge in [0.05, 0.1) is 11.9 Å². The predicted molar refractivity (Wildman–Crippen MR) is 110 cm³/mol. The van der Waals surface area contributed by atoms with Gasteiger partial charge >= 0.3 is 0 Å². The van der Waals surface area contributed by atoms with Gasteiger partial charge in [0.1, 0.15) is 11.5 Å². The molecule has 1 aliphatic rings. The molecule has 29 heavy (non-hydrogen) atoms. The summed E-state index contributed by atoms with van der Waals surface area (Å²) in [5.74, 6) is -0.246. The van der Waals surface area contributed by atoms with Gasteiger partial charge in [-0.1, -0.05) is 24.3 Å². The molecule has 146 valence electrons. The van der Waals surface area contributed by atoms with E-state index < -0.39 is 0 Å². The van der Waals surface area contributed by atoms with Gasteiger partial charge < -0.3 is 5.32 Å². The first-order valence-electron chi connectivity index (χ1n) is 9.93. The van der Waals surface area contributed by atoms with E-state index in [1.54, 1.807) is 23.0 Å².